The van der Waals surface area contributed by atoms with Crippen LogP contribution in [0, 0.1) is 13.8 Å². The highest BCUT2D eigenvalue weighted by atomic mass is 32.1. The molecule has 1 aliphatic rings. The third-order valence-electron chi connectivity index (χ3n) is 5.69. The number of hydrogen-bond donors (Lipinski definition) is 0. The Balaban J connectivity index is 1.24. The fourth-order valence-electron chi connectivity index (χ4n) is 3.92. The molecular weight excluding hydrogens is 366 g/mol. The second-order valence-corrected chi connectivity index (χ2v) is 8.47. The van der Waals surface area contributed by atoms with Crippen molar-refractivity contribution in [3.63, 3.8) is 0 Å². The van der Waals surface area contributed by atoms with Crippen LogP contribution in [0.1, 0.15) is 24.0 Å². The van der Waals surface area contributed by atoms with Crippen molar-refractivity contribution in [3.05, 3.63) is 53.0 Å². The average molecular weight is 396 g/mol. The van der Waals surface area contributed by atoms with E-state index in [4.69, 9.17) is 4.74 Å². The van der Waals surface area contributed by atoms with Gasteiger partial charge in [-0.3, -0.25) is 0 Å². The zero-order valence-corrected chi connectivity index (χ0v) is 17.7. The quantitative estimate of drug-likeness (QED) is 0.556. The van der Waals surface area contributed by atoms with E-state index in [1.165, 1.54) is 34.5 Å². The molecule has 148 valence electrons. The number of anilines is 1. The maximum atomic E-state index is 5.95. The zero-order chi connectivity index (χ0) is 19.3. The standard InChI is InChI=1S/C23H29N3OS/c1-18-6-3-7-22(19(18)2)26-12-4-10-25(13-14-26)11-5-15-27-20-8-9-23-21(16-20)24-17-28-23/h3,6-9,16-17H,4-5,10-15H2,1-2H3. The fraction of sp³-hybridized carbons (Fsp3) is 0.435. The number of rotatable bonds is 6. The van der Waals surface area contributed by atoms with Crippen molar-refractivity contribution >= 4 is 27.2 Å². The van der Waals surface area contributed by atoms with E-state index in [9.17, 15) is 0 Å². The number of nitrogens with zero attached hydrogens (tertiary/aromatic N) is 3. The van der Waals surface area contributed by atoms with Crippen LogP contribution in [0.25, 0.3) is 10.2 Å². The first-order valence-corrected chi connectivity index (χ1v) is 11.1. The van der Waals surface area contributed by atoms with Crippen LogP contribution >= 0.6 is 11.3 Å². The van der Waals surface area contributed by atoms with Gasteiger partial charge in [-0.1, -0.05) is 12.1 Å². The van der Waals surface area contributed by atoms with E-state index in [2.05, 4.69) is 59.0 Å². The minimum absolute atomic E-state index is 0.757. The molecule has 1 fully saturated rings. The lowest BCUT2D eigenvalue weighted by Gasteiger charge is -2.26. The number of thiazole rings is 1. The van der Waals surface area contributed by atoms with Crippen LogP contribution in [0.15, 0.2) is 41.9 Å². The highest BCUT2D eigenvalue weighted by Crippen LogP contribution is 2.24. The summed E-state index contributed by atoms with van der Waals surface area (Å²) in [6.07, 6.45) is 2.27. The summed E-state index contributed by atoms with van der Waals surface area (Å²) in [5.41, 5.74) is 7.12. The molecule has 3 aromatic rings. The Bertz CT molecular complexity index is 923. The van der Waals surface area contributed by atoms with E-state index < -0.39 is 0 Å². The van der Waals surface area contributed by atoms with E-state index in [-0.39, 0.29) is 0 Å². The number of aromatic nitrogens is 1. The second-order valence-electron chi connectivity index (χ2n) is 7.59. The molecule has 0 aliphatic carbocycles. The number of hydrogen-bond acceptors (Lipinski definition) is 5. The molecule has 4 rings (SSSR count). The molecule has 0 radical (unpaired) electrons. The zero-order valence-electron chi connectivity index (χ0n) is 16.9. The van der Waals surface area contributed by atoms with Gasteiger partial charge in [-0.15, -0.1) is 11.3 Å². The Morgan fingerprint density at radius 1 is 1.07 bits per heavy atom. The first kappa shape index (κ1) is 19.2. The molecule has 4 nitrogen and oxygen atoms in total. The molecule has 0 N–H and O–H groups in total. The molecule has 0 saturated carbocycles. The largest absolute Gasteiger partial charge is 0.493 e. The second kappa shape index (κ2) is 8.93. The molecule has 5 heteroatoms. The van der Waals surface area contributed by atoms with Crippen molar-refractivity contribution in [2.75, 3.05) is 44.2 Å². The van der Waals surface area contributed by atoms with E-state index in [1.807, 2.05) is 11.6 Å². The van der Waals surface area contributed by atoms with Crippen LogP contribution in [0.2, 0.25) is 0 Å². The Kier molecular flexibility index (Phi) is 6.13. The van der Waals surface area contributed by atoms with Crippen molar-refractivity contribution in [1.29, 1.82) is 0 Å². The van der Waals surface area contributed by atoms with Gasteiger partial charge in [0, 0.05) is 37.9 Å². The van der Waals surface area contributed by atoms with Crippen LogP contribution in [0.3, 0.4) is 0 Å². The lowest BCUT2D eigenvalue weighted by Crippen LogP contribution is -2.32. The van der Waals surface area contributed by atoms with E-state index in [0.29, 0.717) is 0 Å². The van der Waals surface area contributed by atoms with E-state index in [1.54, 1.807) is 11.3 Å². The number of fused-ring (bicyclic) bond motifs is 1. The number of ether oxygens (including phenoxy) is 1. The topological polar surface area (TPSA) is 28.6 Å². The maximum Gasteiger partial charge on any atom is 0.121 e. The van der Waals surface area contributed by atoms with Gasteiger partial charge in [0.05, 0.1) is 22.3 Å². The van der Waals surface area contributed by atoms with Crippen molar-refractivity contribution in [2.45, 2.75) is 26.7 Å². The normalized spacial score (nSPS) is 15.7. The van der Waals surface area contributed by atoms with Gasteiger partial charge in [-0.2, -0.15) is 0 Å². The van der Waals surface area contributed by atoms with Gasteiger partial charge in [-0.05, 0) is 62.6 Å². The van der Waals surface area contributed by atoms with Crippen molar-refractivity contribution in [2.24, 2.45) is 0 Å². The molecule has 0 unspecified atom stereocenters. The molecule has 2 aromatic carbocycles. The molecule has 1 aliphatic heterocycles. The summed E-state index contributed by atoms with van der Waals surface area (Å²) in [6.45, 7) is 10.8. The Labute approximate surface area is 171 Å². The van der Waals surface area contributed by atoms with E-state index >= 15 is 0 Å². The van der Waals surface area contributed by atoms with E-state index in [0.717, 1.165) is 50.5 Å². The monoisotopic (exact) mass is 395 g/mol. The van der Waals surface area contributed by atoms with Gasteiger partial charge in [-0.25, -0.2) is 4.98 Å². The summed E-state index contributed by atoms with van der Waals surface area (Å²) in [7, 11) is 0. The molecule has 0 bridgehead atoms. The predicted molar refractivity (Wildman–Crippen MR) is 119 cm³/mol. The van der Waals surface area contributed by atoms with Crippen LogP contribution in [0.4, 0.5) is 5.69 Å². The fourth-order valence-corrected chi connectivity index (χ4v) is 4.58. The highest BCUT2D eigenvalue weighted by Gasteiger charge is 2.16. The smallest absolute Gasteiger partial charge is 0.121 e. The van der Waals surface area contributed by atoms with Gasteiger partial charge in [0.15, 0.2) is 0 Å². The Hall–Kier alpha value is -2.11. The van der Waals surface area contributed by atoms with Crippen LogP contribution in [-0.4, -0.2) is 49.2 Å². The SMILES string of the molecule is Cc1cccc(N2CCCN(CCCOc3ccc4scnc4c3)CC2)c1C. The van der Waals surface area contributed by atoms with Crippen LogP contribution in [-0.2, 0) is 0 Å². The summed E-state index contributed by atoms with van der Waals surface area (Å²) in [5, 5.41) is 0. The first-order chi connectivity index (χ1) is 13.7. The van der Waals surface area contributed by atoms with Gasteiger partial charge < -0.3 is 14.5 Å². The average Bonchev–Trinajstić information content (AvgIpc) is 3.05. The van der Waals surface area contributed by atoms with Crippen molar-refractivity contribution < 1.29 is 4.74 Å². The third kappa shape index (κ3) is 4.47. The van der Waals surface area contributed by atoms with Crippen molar-refractivity contribution in [1.82, 2.24) is 9.88 Å². The molecule has 2 heterocycles. The summed E-state index contributed by atoms with van der Waals surface area (Å²) in [5.74, 6) is 0.926. The molecule has 1 aromatic heterocycles. The van der Waals surface area contributed by atoms with Crippen LogP contribution in [0.5, 0.6) is 5.75 Å². The first-order valence-electron chi connectivity index (χ1n) is 10.2. The minimum atomic E-state index is 0.757. The number of aryl methyl sites for hydroxylation is 1. The van der Waals surface area contributed by atoms with Gasteiger partial charge >= 0.3 is 0 Å². The van der Waals surface area contributed by atoms with Crippen molar-refractivity contribution in [3.8, 4) is 5.75 Å². The summed E-state index contributed by atoms with van der Waals surface area (Å²) in [6, 6.07) is 12.8. The number of benzene rings is 2. The predicted octanol–water partition coefficient (Wildman–Crippen LogP) is 4.89. The summed E-state index contributed by atoms with van der Waals surface area (Å²) >= 11 is 1.67. The molecule has 0 spiro atoms. The Morgan fingerprint density at radius 2 is 2.00 bits per heavy atom. The lowest BCUT2D eigenvalue weighted by molar-refractivity contribution is 0.244. The maximum absolute atomic E-state index is 5.95. The molecule has 0 atom stereocenters. The lowest BCUT2D eigenvalue weighted by atomic mass is 10.1. The third-order valence-corrected chi connectivity index (χ3v) is 6.50. The minimum Gasteiger partial charge on any atom is -0.493 e. The van der Waals surface area contributed by atoms with Gasteiger partial charge in [0.25, 0.3) is 0 Å². The van der Waals surface area contributed by atoms with Crippen LogP contribution < -0.4 is 9.64 Å². The highest BCUT2D eigenvalue weighted by molar-refractivity contribution is 7.16. The molecule has 1 saturated heterocycles. The Morgan fingerprint density at radius 3 is 2.93 bits per heavy atom. The molecular formula is C23H29N3OS. The molecule has 28 heavy (non-hydrogen) atoms. The van der Waals surface area contributed by atoms with Gasteiger partial charge in [0.1, 0.15) is 5.75 Å². The molecule has 0 amide bonds. The summed E-state index contributed by atoms with van der Waals surface area (Å²) in [4.78, 5) is 9.50. The van der Waals surface area contributed by atoms with Gasteiger partial charge in [0.2, 0.25) is 0 Å². The summed E-state index contributed by atoms with van der Waals surface area (Å²) < 4.78 is 7.17.